The van der Waals surface area contributed by atoms with Crippen molar-refractivity contribution >= 4 is 11.6 Å². The van der Waals surface area contributed by atoms with Gasteiger partial charge in [-0.15, -0.1) is 0 Å². The van der Waals surface area contributed by atoms with Gasteiger partial charge in [0, 0.05) is 25.3 Å². The Morgan fingerprint density at radius 3 is 2.54 bits per heavy atom. The second kappa shape index (κ2) is 6.97. The number of pyridine rings is 2. The number of rotatable bonds is 3. The maximum Gasteiger partial charge on any atom is 0.145 e. The molecule has 6 heteroatoms. The van der Waals surface area contributed by atoms with Gasteiger partial charge in [-0.2, -0.15) is 10.5 Å². The van der Waals surface area contributed by atoms with Gasteiger partial charge in [0.15, 0.2) is 0 Å². The van der Waals surface area contributed by atoms with Gasteiger partial charge in [0.1, 0.15) is 29.5 Å². The van der Waals surface area contributed by atoms with E-state index in [9.17, 15) is 0 Å². The highest BCUT2D eigenvalue weighted by Crippen LogP contribution is 2.20. The van der Waals surface area contributed by atoms with Crippen LogP contribution in [0.1, 0.15) is 29.7 Å². The number of anilines is 2. The fourth-order valence-electron chi connectivity index (χ4n) is 2.82. The summed E-state index contributed by atoms with van der Waals surface area (Å²) in [5.74, 6) is 1.67. The number of nitriles is 2. The summed E-state index contributed by atoms with van der Waals surface area (Å²) < 4.78 is 0. The van der Waals surface area contributed by atoms with Gasteiger partial charge in [-0.3, -0.25) is 0 Å². The van der Waals surface area contributed by atoms with E-state index in [1.165, 1.54) is 0 Å². The Bertz CT molecular complexity index is 792. The van der Waals surface area contributed by atoms with E-state index < -0.39 is 0 Å². The molecule has 0 saturated carbocycles. The minimum atomic E-state index is 0.335. The van der Waals surface area contributed by atoms with Crippen molar-refractivity contribution in [2.24, 2.45) is 0 Å². The van der Waals surface area contributed by atoms with Crippen molar-refractivity contribution in [1.82, 2.24) is 9.97 Å². The van der Waals surface area contributed by atoms with Crippen LogP contribution in [0.3, 0.4) is 0 Å². The van der Waals surface area contributed by atoms with Crippen molar-refractivity contribution in [3.63, 3.8) is 0 Å². The molecule has 0 aliphatic carbocycles. The van der Waals surface area contributed by atoms with E-state index in [0.29, 0.717) is 17.3 Å². The minimum Gasteiger partial charge on any atom is -0.367 e. The van der Waals surface area contributed by atoms with E-state index in [1.807, 2.05) is 25.1 Å². The smallest absolute Gasteiger partial charge is 0.145 e. The van der Waals surface area contributed by atoms with Gasteiger partial charge < -0.3 is 10.2 Å². The number of nitrogens with one attached hydrogen (secondary N) is 1. The van der Waals surface area contributed by atoms with Gasteiger partial charge in [0.25, 0.3) is 0 Å². The van der Waals surface area contributed by atoms with E-state index in [1.54, 1.807) is 12.3 Å². The first-order chi connectivity index (χ1) is 11.7. The molecule has 1 aliphatic heterocycles. The number of hydrogen-bond donors (Lipinski definition) is 1. The fourth-order valence-corrected chi connectivity index (χ4v) is 2.82. The van der Waals surface area contributed by atoms with Crippen LogP contribution >= 0.6 is 0 Å². The molecule has 2 aromatic rings. The lowest BCUT2D eigenvalue weighted by Crippen LogP contribution is -2.39. The molecule has 1 saturated heterocycles. The molecule has 3 rings (SSSR count). The van der Waals surface area contributed by atoms with Gasteiger partial charge >= 0.3 is 0 Å². The summed E-state index contributed by atoms with van der Waals surface area (Å²) in [7, 11) is 0. The largest absolute Gasteiger partial charge is 0.367 e. The fraction of sp³-hybridized carbons (Fsp3) is 0.333. The molecule has 0 spiro atoms. The third-order valence-corrected chi connectivity index (χ3v) is 4.25. The maximum absolute atomic E-state index is 9.07. The summed E-state index contributed by atoms with van der Waals surface area (Å²) in [4.78, 5) is 10.9. The number of aryl methyl sites for hydroxylation is 1. The Morgan fingerprint density at radius 1 is 1.12 bits per heavy atom. The third-order valence-electron chi connectivity index (χ3n) is 4.25. The van der Waals surface area contributed by atoms with E-state index in [2.05, 4.69) is 32.3 Å². The molecule has 0 atom stereocenters. The Balaban J connectivity index is 1.59. The van der Waals surface area contributed by atoms with Crippen LogP contribution < -0.4 is 10.2 Å². The van der Waals surface area contributed by atoms with Crippen molar-refractivity contribution in [3.8, 4) is 12.1 Å². The lowest BCUT2D eigenvalue weighted by Gasteiger charge is -2.33. The lowest BCUT2D eigenvalue weighted by molar-refractivity contribution is 0.522. The Hall–Kier alpha value is -3.12. The number of nitrogens with zero attached hydrogens (tertiary/aromatic N) is 5. The molecule has 0 unspecified atom stereocenters. The quantitative estimate of drug-likeness (QED) is 0.935. The van der Waals surface area contributed by atoms with Crippen molar-refractivity contribution in [3.05, 3.63) is 47.3 Å². The molecule has 3 heterocycles. The molecule has 2 aromatic heterocycles. The van der Waals surface area contributed by atoms with Crippen LogP contribution in [-0.4, -0.2) is 29.1 Å². The topological polar surface area (TPSA) is 88.6 Å². The summed E-state index contributed by atoms with van der Waals surface area (Å²) in [5, 5.41) is 21.3. The highest BCUT2D eigenvalue weighted by atomic mass is 15.2. The molecule has 1 N–H and O–H groups in total. The number of hydrogen-bond acceptors (Lipinski definition) is 6. The molecule has 0 aromatic carbocycles. The maximum atomic E-state index is 9.07. The normalized spacial score (nSPS) is 14.7. The molecule has 1 fully saturated rings. The van der Waals surface area contributed by atoms with E-state index in [4.69, 9.17) is 10.5 Å². The average molecular weight is 318 g/mol. The number of piperidine rings is 1. The second-order valence-electron chi connectivity index (χ2n) is 5.90. The predicted molar refractivity (Wildman–Crippen MR) is 91.5 cm³/mol. The lowest BCUT2D eigenvalue weighted by atomic mass is 10.0. The molecule has 0 radical (unpaired) electrons. The first-order valence-electron chi connectivity index (χ1n) is 7.95. The Labute approximate surface area is 141 Å². The van der Waals surface area contributed by atoms with Crippen LogP contribution in [0.2, 0.25) is 0 Å². The number of aromatic nitrogens is 2. The molecule has 0 bridgehead atoms. The highest BCUT2D eigenvalue weighted by Gasteiger charge is 2.20. The van der Waals surface area contributed by atoms with E-state index in [0.717, 1.165) is 43.1 Å². The Morgan fingerprint density at radius 2 is 1.92 bits per heavy atom. The predicted octanol–water partition coefficient (Wildman–Crippen LogP) is 2.61. The zero-order valence-electron chi connectivity index (χ0n) is 13.5. The summed E-state index contributed by atoms with van der Waals surface area (Å²) in [6, 6.07) is 12.1. The van der Waals surface area contributed by atoms with Gasteiger partial charge in [0.05, 0.1) is 5.56 Å². The van der Waals surface area contributed by atoms with Crippen LogP contribution in [-0.2, 0) is 0 Å². The first kappa shape index (κ1) is 15.8. The highest BCUT2D eigenvalue weighted by molar-refractivity contribution is 5.45. The average Bonchev–Trinajstić information content (AvgIpc) is 2.64. The van der Waals surface area contributed by atoms with Crippen molar-refractivity contribution < 1.29 is 0 Å². The molecular formula is C18H18N6. The van der Waals surface area contributed by atoms with Crippen molar-refractivity contribution in [1.29, 1.82) is 10.5 Å². The molecular weight excluding hydrogens is 300 g/mol. The van der Waals surface area contributed by atoms with E-state index in [-0.39, 0.29) is 0 Å². The summed E-state index contributed by atoms with van der Waals surface area (Å²) in [6.45, 7) is 3.68. The standard InChI is InChI=1S/C18H18N6/c1-13-2-4-17(23-16(13)11-20)22-15-6-8-24(9-7-15)18-5-3-14(10-19)12-21-18/h2-5,12,15H,6-9H2,1H3,(H,22,23). The molecule has 0 amide bonds. The minimum absolute atomic E-state index is 0.335. The molecule has 6 nitrogen and oxygen atoms in total. The summed E-state index contributed by atoms with van der Waals surface area (Å²) >= 11 is 0. The Kier molecular flexibility index (Phi) is 4.58. The van der Waals surface area contributed by atoms with Gasteiger partial charge in [0.2, 0.25) is 0 Å². The molecule has 24 heavy (non-hydrogen) atoms. The monoisotopic (exact) mass is 318 g/mol. The van der Waals surface area contributed by atoms with Crippen LogP contribution in [0.15, 0.2) is 30.5 Å². The van der Waals surface area contributed by atoms with Crippen LogP contribution in [0.5, 0.6) is 0 Å². The van der Waals surface area contributed by atoms with E-state index >= 15 is 0 Å². The second-order valence-corrected chi connectivity index (χ2v) is 5.90. The van der Waals surface area contributed by atoms with Crippen LogP contribution in [0.4, 0.5) is 11.6 Å². The van der Waals surface area contributed by atoms with Gasteiger partial charge in [-0.25, -0.2) is 9.97 Å². The third kappa shape index (κ3) is 3.44. The van der Waals surface area contributed by atoms with Crippen molar-refractivity contribution in [2.45, 2.75) is 25.8 Å². The molecule has 1 aliphatic rings. The van der Waals surface area contributed by atoms with Crippen LogP contribution in [0, 0.1) is 29.6 Å². The zero-order chi connectivity index (χ0) is 16.9. The van der Waals surface area contributed by atoms with Gasteiger partial charge in [-0.1, -0.05) is 6.07 Å². The molecule has 120 valence electrons. The summed E-state index contributed by atoms with van der Waals surface area (Å²) in [6.07, 6.45) is 3.55. The van der Waals surface area contributed by atoms with Gasteiger partial charge in [-0.05, 0) is 43.5 Å². The summed E-state index contributed by atoms with van der Waals surface area (Å²) in [5.41, 5.74) is 1.94. The zero-order valence-corrected chi connectivity index (χ0v) is 13.5. The van der Waals surface area contributed by atoms with Crippen molar-refractivity contribution in [2.75, 3.05) is 23.3 Å². The first-order valence-corrected chi connectivity index (χ1v) is 7.95. The van der Waals surface area contributed by atoms with Crippen LogP contribution in [0.25, 0.3) is 0 Å². The SMILES string of the molecule is Cc1ccc(NC2CCN(c3ccc(C#N)cn3)CC2)nc1C#N.